The third-order valence-electron chi connectivity index (χ3n) is 27.5. The average molecular weight is 1770 g/mol. The summed E-state index contributed by atoms with van der Waals surface area (Å²) in [6.45, 7) is 21.3. The lowest BCUT2D eigenvalue weighted by Crippen LogP contribution is -2.38. The number of hydrogen-bond acceptors (Lipinski definition) is 18. The van der Waals surface area contributed by atoms with Crippen LogP contribution >= 0.6 is 0 Å². The number of hydrogen-bond donors (Lipinski definition) is 1. The molecule has 0 atom stereocenters. The number of pyridine rings is 3. The number of aryl methyl sites for hydroxylation is 6. The Morgan fingerprint density at radius 2 is 0.856 bits per heavy atom. The van der Waals surface area contributed by atoms with Gasteiger partial charge in [-0.25, -0.2) is 44.9 Å². The van der Waals surface area contributed by atoms with Gasteiger partial charge in [0.2, 0.25) is 29.5 Å². The molecule has 0 saturated heterocycles. The molecule has 16 heterocycles. The van der Waals surface area contributed by atoms with Gasteiger partial charge in [-0.05, 0) is 160 Å². The average Bonchev–Trinajstić information content (AvgIpc) is 1.60. The third-order valence-corrected chi connectivity index (χ3v) is 27.5. The van der Waals surface area contributed by atoms with E-state index >= 15 is 0 Å². The van der Waals surface area contributed by atoms with Crippen LogP contribution < -0.4 is 10.6 Å². The number of benzene rings is 4. The van der Waals surface area contributed by atoms with Gasteiger partial charge in [-0.15, -0.1) is 0 Å². The molecule has 0 bridgehead atoms. The van der Waals surface area contributed by atoms with Crippen LogP contribution in [0.25, 0.3) is 112 Å². The maximum atomic E-state index is 12.5. The Balaban J connectivity index is 0.000000106. The fourth-order valence-corrected chi connectivity index (χ4v) is 19.9. The van der Waals surface area contributed by atoms with E-state index in [1.807, 2.05) is 135 Å². The number of rotatable bonds is 16. The Bertz CT molecular complexity index is 6890. The van der Waals surface area contributed by atoms with E-state index in [9.17, 15) is 24.0 Å². The molecular weight excluding hydrogens is 1660 g/mol. The lowest BCUT2D eigenvalue weighted by atomic mass is 9.95. The summed E-state index contributed by atoms with van der Waals surface area (Å²) in [4.78, 5) is 116. The van der Waals surface area contributed by atoms with E-state index < -0.39 is 5.91 Å². The summed E-state index contributed by atoms with van der Waals surface area (Å²) in [6.07, 6.45) is 28.3. The Labute approximate surface area is 765 Å². The molecule has 4 aliphatic carbocycles. The summed E-state index contributed by atoms with van der Waals surface area (Å²) in [5.41, 5.74) is 30.7. The van der Waals surface area contributed by atoms with E-state index in [4.69, 9.17) is 40.6 Å². The topological polar surface area (TPSA) is 317 Å². The zero-order valence-corrected chi connectivity index (χ0v) is 76.4. The van der Waals surface area contributed by atoms with Crippen molar-refractivity contribution in [3.05, 3.63) is 215 Å². The molecule has 30 heteroatoms. The first kappa shape index (κ1) is 84.6. The molecule has 5 amide bonds. The molecule has 0 radical (unpaired) electrons. The van der Waals surface area contributed by atoms with Crippen molar-refractivity contribution in [2.45, 2.75) is 201 Å². The van der Waals surface area contributed by atoms with Crippen LogP contribution in [0.4, 0.5) is 11.5 Å². The molecule has 132 heavy (non-hydrogen) atoms. The smallest absolute Gasteiger partial charge is 0.248 e. The van der Waals surface area contributed by atoms with Crippen molar-refractivity contribution < 1.29 is 24.0 Å². The van der Waals surface area contributed by atoms with Gasteiger partial charge in [-0.3, -0.25) is 38.0 Å². The first-order valence-electron chi connectivity index (χ1n) is 46.9. The van der Waals surface area contributed by atoms with Gasteiger partial charge in [-0.2, -0.15) is 15.3 Å². The predicted molar refractivity (Wildman–Crippen MR) is 505 cm³/mol. The number of imidazole rings is 4. The molecule has 0 spiro atoms. The van der Waals surface area contributed by atoms with Gasteiger partial charge in [0.15, 0.2) is 17.3 Å². The first-order valence-corrected chi connectivity index (χ1v) is 46.9. The summed E-state index contributed by atoms with van der Waals surface area (Å²) < 4.78 is 14.8. The summed E-state index contributed by atoms with van der Waals surface area (Å²) in [5, 5.41) is 15.9. The minimum Gasteiger partial charge on any atom is -0.366 e. The molecule has 9 aliphatic rings. The monoisotopic (exact) mass is 1760 g/mol. The summed E-state index contributed by atoms with van der Waals surface area (Å²) in [7, 11) is 5.71. The predicted octanol–water partition coefficient (Wildman–Crippen LogP) is 15.8. The minimum atomic E-state index is -0.412. The fraction of sp³-hybridized carbons (Fsp3) is 0.382. The number of aromatic nitrogens is 19. The number of primary amides is 1. The highest BCUT2D eigenvalue weighted by molar-refractivity contribution is 5.99. The number of anilines is 2. The Morgan fingerprint density at radius 3 is 1.34 bits per heavy atom. The zero-order valence-electron chi connectivity index (χ0n) is 76.4. The van der Waals surface area contributed by atoms with Gasteiger partial charge in [-0.1, -0.05) is 63.2 Å². The molecule has 2 N–H and O–H groups in total. The lowest BCUT2D eigenvalue weighted by Gasteiger charge is -2.33. The van der Waals surface area contributed by atoms with E-state index in [2.05, 4.69) is 117 Å². The second-order valence-electron chi connectivity index (χ2n) is 36.8. The van der Waals surface area contributed by atoms with E-state index in [0.717, 1.165) is 206 Å². The van der Waals surface area contributed by atoms with Gasteiger partial charge >= 0.3 is 0 Å². The third kappa shape index (κ3) is 16.2. The normalized spacial score (nSPS) is 16.2. The van der Waals surface area contributed by atoms with Gasteiger partial charge in [0, 0.05) is 216 Å². The van der Waals surface area contributed by atoms with Crippen LogP contribution in [-0.2, 0) is 99.1 Å². The highest BCUT2D eigenvalue weighted by atomic mass is 16.2. The Kier molecular flexibility index (Phi) is 22.2. The lowest BCUT2D eigenvalue weighted by molar-refractivity contribution is -0.133. The largest absolute Gasteiger partial charge is 0.366 e. The quantitative estimate of drug-likeness (QED) is 0.0939. The molecule has 30 nitrogen and oxygen atoms in total. The Hall–Kier alpha value is -14.2. The van der Waals surface area contributed by atoms with Crippen LogP contribution in [0, 0.1) is 13.8 Å². The van der Waals surface area contributed by atoms with Gasteiger partial charge in [0.05, 0.1) is 113 Å². The zero-order chi connectivity index (χ0) is 90.6. The Morgan fingerprint density at radius 1 is 0.409 bits per heavy atom. The van der Waals surface area contributed by atoms with E-state index in [-0.39, 0.29) is 23.6 Å². The molecule has 4 fully saturated rings. The van der Waals surface area contributed by atoms with E-state index in [1.165, 1.54) is 91.6 Å². The molecular formula is C102H109N25O5. The maximum absolute atomic E-state index is 12.5. The van der Waals surface area contributed by atoms with Crippen LogP contribution in [0.2, 0.25) is 0 Å². The van der Waals surface area contributed by atoms with Crippen LogP contribution in [-0.4, -0.2) is 174 Å². The van der Waals surface area contributed by atoms with E-state index in [1.54, 1.807) is 39.3 Å². The molecule has 24 rings (SSSR count). The maximum Gasteiger partial charge on any atom is 0.248 e. The fourth-order valence-electron chi connectivity index (χ4n) is 19.9. The molecule has 4 aromatic carbocycles. The van der Waals surface area contributed by atoms with Crippen molar-refractivity contribution in [1.29, 1.82) is 0 Å². The molecule has 11 aromatic heterocycles. The van der Waals surface area contributed by atoms with Gasteiger partial charge in [0.25, 0.3) is 0 Å². The van der Waals surface area contributed by atoms with Gasteiger partial charge in [0.1, 0.15) is 23.3 Å². The molecule has 4 saturated carbocycles. The highest BCUT2D eigenvalue weighted by Crippen LogP contribution is 2.50. The van der Waals surface area contributed by atoms with Crippen molar-refractivity contribution in [3.8, 4) is 78.8 Å². The number of nitrogens with two attached hydrogens (primary N) is 1. The summed E-state index contributed by atoms with van der Waals surface area (Å²) >= 11 is 0. The van der Waals surface area contributed by atoms with Crippen LogP contribution in [0.5, 0.6) is 0 Å². The van der Waals surface area contributed by atoms with Gasteiger partial charge < -0.3 is 48.5 Å². The number of nitrogens with zero attached hydrogens (tertiary/aromatic N) is 24. The van der Waals surface area contributed by atoms with Crippen molar-refractivity contribution >= 4 is 73.9 Å². The molecule has 5 aliphatic heterocycles. The first-order chi connectivity index (χ1) is 64.2. The minimum absolute atomic E-state index is 0.123. The number of fused-ring (bicyclic) bond motifs is 8. The van der Waals surface area contributed by atoms with Crippen LogP contribution in [0.3, 0.4) is 0 Å². The SMILES string of the molecule is CC(=O)N1CCn2c(C3CC3)nc(N3CCCc4cc(-c5ccc(C(N)=O)cc5)ccc43)c2C1.CCC(=O)N1CCn2c(C3CC3)nc(-c3cccc4nc(-c5cnn(C)c5)c(C)cc34)c2C1.CCC(=O)N1CCn2c(C3CC3)nc(-c3cccc4nc(-c5cnn(C)c5)ncc34)c2C1.CCC(=O)N1CCn2c(C3CC3)nc(-c3ccnc4nc(-c5cnn(C)c5)c(C)cc34)c2C1. The van der Waals surface area contributed by atoms with Crippen molar-refractivity contribution in [2.75, 3.05) is 37.6 Å². The second kappa shape index (κ2) is 34.6. The second-order valence-corrected chi connectivity index (χ2v) is 36.8. The summed E-state index contributed by atoms with van der Waals surface area (Å²) in [6, 6.07) is 32.9. The van der Waals surface area contributed by atoms with E-state index in [0.29, 0.717) is 86.1 Å². The standard InChI is InChI=1S/C27H29N5O2.C26H28N6O.C25H27N7O.C24H25N7O/c1-17(33)30-13-14-32-24(16-30)27(29-26(32)20-8-9-20)31-12-2-3-22-15-21(10-11-23(22)31)18-4-6-19(7-5-18)25(28)34;1-4-23(33)31-10-11-32-22(15-31)25(29-26(32)17-8-9-17)19-6-5-7-21-20(19)12-16(2)24(28-21)18-13-27-30(3)14-18;1-4-21(33)31-9-10-32-20(14-31)23(29-25(32)16-5-6-16)18-7-8-26-24-19(18)11-15(2)22(28-24)17-12-27-30(3)13-17;1-3-21(32)30-9-10-31-20(14-30)22(28-24(31)15-7-8-15)17-5-4-6-19-18(17)12-25-23(27-19)16-11-26-29(2)13-16/h4-7,10-11,15,20H,2-3,8-9,12-14,16H2,1H3,(H2,28,34);5-7,12-14,17H,4,8-11,15H2,1-3H3;7-8,11-13,16H,4-6,9-10,14H2,1-3H3;4-6,11-13,15H,3,7-10,14H2,1-2H3. The van der Waals surface area contributed by atoms with Crippen molar-refractivity contribution in [1.82, 2.24) is 112 Å². The van der Waals surface area contributed by atoms with Crippen LogP contribution in [0.1, 0.15) is 202 Å². The molecule has 0 unspecified atom stereocenters. The summed E-state index contributed by atoms with van der Waals surface area (Å²) in [5.74, 6) is 8.91. The highest BCUT2D eigenvalue weighted by Gasteiger charge is 2.41. The molecule has 15 aromatic rings. The number of carbonyl (C=O) groups excluding carboxylic acids is 5. The number of amides is 5. The van der Waals surface area contributed by atoms with Crippen molar-refractivity contribution in [3.63, 3.8) is 0 Å². The molecule has 672 valence electrons. The van der Waals surface area contributed by atoms with Crippen molar-refractivity contribution in [2.24, 2.45) is 26.9 Å². The van der Waals surface area contributed by atoms with Crippen LogP contribution in [0.15, 0.2) is 147 Å². The number of carbonyl (C=O) groups is 5.